The van der Waals surface area contributed by atoms with E-state index in [1.165, 1.54) is 6.07 Å². The molecule has 1 atom stereocenters. The largest absolute Gasteiger partial charge is 0.480 e. The number of sulfonamides is 1. The van der Waals surface area contributed by atoms with Gasteiger partial charge in [0, 0.05) is 0 Å². The summed E-state index contributed by atoms with van der Waals surface area (Å²) in [6.07, 6.45) is 3.90. The second-order valence-corrected chi connectivity index (χ2v) is 6.55. The molecule has 3 N–H and O–H groups in total. The van der Waals surface area contributed by atoms with Gasteiger partial charge in [0.25, 0.3) is 0 Å². The zero-order valence-corrected chi connectivity index (χ0v) is 11.7. The number of aliphatic carboxylic acids is 1. The Bertz CT molecular complexity index is 611. The molecule has 0 spiro atoms. The van der Waals surface area contributed by atoms with Crippen LogP contribution in [0.2, 0.25) is 0 Å². The summed E-state index contributed by atoms with van der Waals surface area (Å²) in [4.78, 5) is 10.8. The van der Waals surface area contributed by atoms with Crippen LogP contribution in [0.4, 0.5) is 0 Å². The van der Waals surface area contributed by atoms with Gasteiger partial charge in [-0.3, -0.25) is 4.79 Å². The molecule has 1 aliphatic carbocycles. The first-order valence-corrected chi connectivity index (χ1v) is 7.90. The molecular formula is C13H17NO5S. The molecule has 0 aliphatic heterocycles. The molecule has 0 saturated carbocycles. The number of carbonyl (C=O) groups is 1. The van der Waals surface area contributed by atoms with E-state index in [-0.39, 0.29) is 4.90 Å². The molecule has 0 saturated heterocycles. The van der Waals surface area contributed by atoms with E-state index < -0.39 is 28.6 Å². The summed E-state index contributed by atoms with van der Waals surface area (Å²) >= 11 is 0. The number of fused-ring (bicyclic) bond motifs is 1. The van der Waals surface area contributed by atoms with Crippen molar-refractivity contribution in [2.45, 2.75) is 36.6 Å². The Morgan fingerprint density at radius 2 is 1.90 bits per heavy atom. The molecule has 0 bridgehead atoms. The topological polar surface area (TPSA) is 104 Å². The van der Waals surface area contributed by atoms with Crippen LogP contribution in [0.3, 0.4) is 0 Å². The van der Waals surface area contributed by atoms with Crippen molar-refractivity contribution in [3.05, 3.63) is 29.3 Å². The number of aliphatic hydroxyl groups excluding tert-OH is 1. The maximum absolute atomic E-state index is 12.1. The molecule has 0 heterocycles. The monoisotopic (exact) mass is 299 g/mol. The molecule has 20 heavy (non-hydrogen) atoms. The van der Waals surface area contributed by atoms with Gasteiger partial charge in [0.1, 0.15) is 6.04 Å². The number of hydrogen-bond acceptors (Lipinski definition) is 4. The Hall–Kier alpha value is -1.44. The van der Waals surface area contributed by atoms with Crippen molar-refractivity contribution < 1.29 is 23.4 Å². The third-order valence-corrected chi connectivity index (χ3v) is 4.88. The number of carboxylic acids is 1. The Balaban J connectivity index is 2.27. The van der Waals surface area contributed by atoms with Crippen LogP contribution in [0.1, 0.15) is 24.0 Å². The van der Waals surface area contributed by atoms with E-state index in [2.05, 4.69) is 0 Å². The minimum absolute atomic E-state index is 0.0397. The summed E-state index contributed by atoms with van der Waals surface area (Å²) in [6, 6.07) is 3.31. The number of nitrogens with one attached hydrogen (secondary N) is 1. The fourth-order valence-electron chi connectivity index (χ4n) is 2.30. The maximum atomic E-state index is 12.1. The summed E-state index contributed by atoms with van der Waals surface area (Å²) in [5, 5.41) is 17.7. The van der Waals surface area contributed by atoms with Crippen LogP contribution < -0.4 is 4.72 Å². The van der Waals surface area contributed by atoms with Crippen molar-refractivity contribution >= 4 is 16.0 Å². The van der Waals surface area contributed by atoms with Crippen molar-refractivity contribution in [3.8, 4) is 0 Å². The maximum Gasteiger partial charge on any atom is 0.324 e. The summed E-state index contributed by atoms with van der Waals surface area (Å²) < 4.78 is 26.2. The van der Waals surface area contributed by atoms with Gasteiger partial charge in [-0.2, -0.15) is 4.72 Å². The molecule has 110 valence electrons. The second kappa shape index (κ2) is 5.90. The lowest BCUT2D eigenvalue weighted by Gasteiger charge is -2.17. The summed E-state index contributed by atoms with van der Waals surface area (Å²) in [5.41, 5.74) is 2.14. The third kappa shape index (κ3) is 3.17. The lowest BCUT2D eigenvalue weighted by Crippen LogP contribution is -2.43. The summed E-state index contributed by atoms with van der Waals surface area (Å²) in [7, 11) is -3.94. The van der Waals surface area contributed by atoms with Gasteiger partial charge >= 0.3 is 5.97 Å². The van der Waals surface area contributed by atoms with E-state index in [0.29, 0.717) is 0 Å². The average Bonchev–Trinajstić information content (AvgIpc) is 2.44. The van der Waals surface area contributed by atoms with Crippen molar-refractivity contribution in [1.82, 2.24) is 4.72 Å². The number of aliphatic hydroxyl groups is 1. The van der Waals surface area contributed by atoms with Crippen molar-refractivity contribution in [3.63, 3.8) is 0 Å². The minimum Gasteiger partial charge on any atom is -0.480 e. The number of carboxylic acid groups (broad SMARTS) is 1. The van der Waals surface area contributed by atoms with Crippen LogP contribution in [-0.2, 0) is 27.7 Å². The molecule has 6 nitrogen and oxygen atoms in total. The van der Waals surface area contributed by atoms with Gasteiger partial charge in [0.2, 0.25) is 10.0 Å². The molecule has 1 aromatic rings. The van der Waals surface area contributed by atoms with Crippen LogP contribution in [0.25, 0.3) is 0 Å². The van der Waals surface area contributed by atoms with Crippen molar-refractivity contribution in [1.29, 1.82) is 0 Å². The molecule has 1 aliphatic rings. The summed E-state index contributed by atoms with van der Waals surface area (Å²) in [5.74, 6) is -1.41. The highest BCUT2D eigenvalue weighted by molar-refractivity contribution is 7.89. The fraction of sp³-hybridized carbons (Fsp3) is 0.462. The fourth-order valence-corrected chi connectivity index (χ4v) is 3.53. The van der Waals surface area contributed by atoms with E-state index in [9.17, 15) is 13.2 Å². The Morgan fingerprint density at radius 1 is 1.25 bits per heavy atom. The van der Waals surface area contributed by atoms with Gasteiger partial charge in [-0.25, -0.2) is 8.42 Å². The highest BCUT2D eigenvalue weighted by Gasteiger charge is 2.25. The number of aryl methyl sites for hydroxylation is 2. The van der Waals surface area contributed by atoms with Crippen LogP contribution in [0, 0.1) is 0 Å². The predicted molar refractivity (Wildman–Crippen MR) is 71.9 cm³/mol. The molecule has 7 heteroatoms. The first-order valence-electron chi connectivity index (χ1n) is 6.42. The first kappa shape index (κ1) is 15.0. The van der Waals surface area contributed by atoms with Gasteiger partial charge in [-0.05, 0) is 48.9 Å². The number of benzene rings is 1. The SMILES string of the molecule is O=C(O)C(CO)NS(=O)(=O)c1ccc2c(c1)CCCC2. The van der Waals surface area contributed by atoms with Gasteiger partial charge in [0.15, 0.2) is 0 Å². The minimum atomic E-state index is -3.94. The van der Waals surface area contributed by atoms with Crippen LogP contribution in [0.15, 0.2) is 23.1 Å². The van der Waals surface area contributed by atoms with Crippen LogP contribution in [-0.4, -0.2) is 37.2 Å². The lowest BCUT2D eigenvalue weighted by atomic mass is 9.92. The standard InChI is InChI=1S/C13H17NO5S/c15-8-12(13(16)17)14-20(18,19)11-6-5-9-3-1-2-4-10(9)7-11/h5-7,12,14-15H,1-4,8H2,(H,16,17). The van der Waals surface area contributed by atoms with Gasteiger partial charge < -0.3 is 10.2 Å². The van der Waals surface area contributed by atoms with E-state index >= 15 is 0 Å². The number of rotatable bonds is 5. The molecule has 0 amide bonds. The van der Waals surface area contributed by atoms with Gasteiger partial charge in [-0.15, -0.1) is 0 Å². The Kier molecular flexibility index (Phi) is 4.42. The van der Waals surface area contributed by atoms with Crippen LogP contribution >= 0.6 is 0 Å². The molecule has 1 unspecified atom stereocenters. The smallest absolute Gasteiger partial charge is 0.324 e. The van der Waals surface area contributed by atoms with Gasteiger partial charge in [0.05, 0.1) is 11.5 Å². The van der Waals surface area contributed by atoms with Gasteiger partial charge in [-0.1, -0.05) is 6.07 Å². The van der Waals surface area contributed by atoms with E-state index in [1.807, 2.05) is 4.72 Å². The zero-order valence-electron chi connectivity index (χ0n) is 10.9. The molecule has 0 aromatic heterocycles. The third-order valence-electron chi connectivity index (χ3n) is 3.41. The van der Waals surface area contributed by atoms with Crippen molar-refractivity contribution in [2.75, 3.05) is 6.61 Å². The van der Waals surface area contributed by atoms with E-state index in [1.54, 1.807) is 12.1 Å². The highest BCUT2D eigenvalue weighted by Crippen LogP contribution is 2.24. The molecule has 1 aromatic carbocycles. The Labute approximate surface area is 117 Å². The highest BCUT2D eigenvalue weighted by atomic mass is 32.2. The van der Waals surface area contributed by atoms with Crippen molar-refractivity contribution in [2.24, 2.45) is 0 Å². The Morgan fingerprint density at radius 3 is 2.50 bits per heavy atom. The lowest BCUT2D eigenvalue weighted by molar-refractivity contribution is -0.139. The van der Waals surface area contributed by atoms with E-state index in [4.69, 9.17) is 10.2 Å². The zero-order chi connectivity index (χ0) is 14.8. The number of hydrogen-bond donors (Lipinski definition) is 3. The van der Waals surface area contributed by atoms with Crippen LogP contribution in [0.5, 0.6) is 0 Å². The molecule has 0 radical (unpaired) electrons. The molecular weight excluding hydrogens is 282 g/mol. The second-order valence-electron chi connectivity index (χ2n) is 4.83. The molecule has 2 rings (SSSR count). The average molecular weight is 299 g/mol. The quantitative estimate of drug-likeness (QED) is 0.725. The normalized spacial score (nSPS) is 16.4. The van der Waals surface area contributed by atoms with E-state index in [0.717, 1.165) is 36.8 Å². The molecule has 0 fully saturated rings. The summed E-state index contributed by atoms with van der Waals surface area (Å²) in [6.45, 7) is -0.792. The predicted octanol–water partition coefficient (Wildman–Crippen LogP) is 0.289. The first-order chi connectivity index (χ1) is 9.44.